The second-order valence-corrected chi connectivity index (χ2v) is 9.25. The Morgan fingerprint density at radius 2 is 1.73 bits per heavy atom. The fourth-order valence-corrected chi connectivity index (χ4v) is 4.45. The standard InChI is InChI=1S/C32H27N7O/c1-5-23-8-12-26(13-9-23)35-32-37-30(36-28-21(2)17-25(7-6-16-33)18-22(28)3)29-31(38-32)39(20-34-29)19-24-10-14-27(40-4)15-11-24/h1,6-15,17-18,20H,19H2,2-4H3,(H2,35,36,37,38)/b7-6+. The highest BCUT2D eigenvalue weighted by Gasteiger charge is 2.16. The number of nitrogens with one attached hydrogen (secondary N) is 2. The minimum atomic E-state index is 0.420. The Morgan fingerprint density at radius 1 is 1.00 bits per heavy atom. The summed E-state index contributed by atoms with van der Waals surface area (Å²) in [6.07, 6.45) is 10.5. The predicted octanol–water partition coefficient (Wildman–Crippen LogP) is 6.51. The first-order valence-electron chi connectivity index (χ1n) is 12.6. The number of rotatable bonds is 8. The molecule has 2 heterocycles. The van der Waals surface area contributed by atoms with Gasteiger partial charge in [0.1, 0.15) is 5.75 Å². The van der Waals surface area contributed by atoms with Crippen molar-refractivity contribution in [2.75, 3.05) is 17.7 Å². The second-order valence-electron chi connectivity index (χ2n) is 9.25. The van der Waals surface area contributed by atoms with E-state index < -0.39 is 0 Å². The number of fused-ring (bicyclic) bond motifs is 1. The molecular weight excluding hydrogens is 498 g/mol. The van der Waals surface area contributed by atoms with Crippen molar-refractivity contribution in [3.63, 3.8) is 0 Å². The Bertz CT molecular complexity index is 1760. The fraction of sp³-hybridized carbons (Fsp3) is 0.125. The Labute approximate surface area is 233 Å². The molecule has 0 saturated carbocycles. The predicted molar refractivity (Wildman–Crippen MR) is 159 cm³/mol. The molecule has 0 unspecified atom stereocenters. The van der Waals surface area contributed by atoms with E-state index in [4.69, 9.17) is 26.4 Å². The topological polar surface area (TPSA) is 101 Å². The quantitative estimate of drug-likeness (QED) is 0.176. The lowest BCUT2D eigenvalue weighted by Gasteiger charge is -2.15. The number of nitriles is 1. The van der Waals surface area contributed by atoms with Gasteiger partial charge in [0.25, 0.3) is 0 Å². The van der Waals surface area contributed by atoms with Crippen LogP contribution in [0.5, 0.6) is 5.75 Å². The number of hydrogen-bond donors (Lipinski definition) is 2. The number of terminal acetylenes is 1. The molecule has 5 rings (SSSR count). The van der Waals surface area contributed by atoms with Gasteiger partial charge in [-0.25, -0.2) is 4.98 Å². The second kappa shape index (κ2) is 11.4. The van der Waals surface area contributed by atoms with Crippen LogP contribution in [-0.2, 0) is 6.54 Å². The van der Waals surface area contributed by atoms with Gasteiger partial charge in [0.2, 0.25) is 5.95 Å². The lowest BCUT2D eigenvalue weighted by Crippen LogP contribution is -2.06. The normalized spacial score (nSPS) is 10.8. The van der Waals surface area contributed by atoms with Crippen LogP contribution in [-0.4, -0.2) is 26.6 Å². The van der Waals surface area contributed by atoms with E-state index in [0.29, 0.717) is 29.5 Å². The highest BCUT2D eigenvalue weighted by atomic mass is 16.5. The third kappa shape index (κ3) is 5.62. The molecule has 8 nitrogen and oxygen atoms in total. The van der Waals surface area contributed by atoms with Crippen LogP contribution in [0.2, 0.25) is 0 Å². The highest BCUT2D eigenvalue weighted by Crippen LogP contribution is 2.30. The van der Waals surface area contributed by atoms with Crippen LogP contribution in [0.25, 0.3) is 17.2 Å². The molecule has 0 aliphatic heterocycles. The number of aryl methyl sites for hydroxylation is 2. The van der Waals surface area contributed by atoms with Crippen LogP contribution in [0.3, 0.4) is 0 Å². The van der Waals surface area contributed by atoms with Crippen LogP contribution >= 0.6 is 0 Å². The van der Waals surface area contributed by atoms with E-state index in [1.54, 1.807) is 19.5 Å². The van der Waals surface area contributed by atoms with Gasteiger partial charge in [0, 0.05) is 23.0 Å². The van der Waals surface area contributed by atoms with Gasteiger partial charge < -0.3 is 19.9 Å². The Kier molecular flexibility index (Phi) is 7.43. The molecule has 0 amide bonds. The molecule has 0 aliphatic carbocycles. The first-order chi connectivity index (χ1) is 19.5. The third-order valence-corrected chi connectivity index (χ3v) is 6.43. The largest absolute Gasteiger partial charge is 0.497 e. The molecule has 3 aromatic carbocycles. The van der Waals surface area contributed by atoms with Gasteiger partial charge in [-0.1, -0.05) is 18.1 Å². The molecule has 8 heteroatoms. The monoisotopic (exact) mass is 525 g/mol. The Morgan fingerprint density at radius 3 is 2.38 bits per heavy atom. The Balaban J connectivity index is 1.56. The number of allylic oxidation sites excluding steroid dienone is 1. The average molecular weight is 526 g/mol. The summed E-state index contributed by atoms with van der Waals surface area (Å²) in [5, 5.41) is 15.7. The molecule has 0 spiro atoms. The number of ether oxygens (including phenoxy) is 1. The van der Waals surface area contributed by atoms with Gasteiger partial charge in [0.05, 0.1) is 26.1 Å². The van der Waals surface area contributed by atoms with E-state index in [-0.39, 0.29) is 0 Å². The van der Waals surface area contributed by atoms with Crippen molar-refractivity contribution in [2.45, 2.75) is 20.4 Å². The number of methoxy groups -OCH3 is 1. The summed E-state index contributed by atoms with van der Waals surface area (Å²) in [5.74, 6) is 4.43. The summed E-state index contributed by atoms with van der Waals surface area (Å²) in [6, 6.07) is 21.5. The summed E-state index contributed by atoms with van der Waals surface area (Å²) in [6.45, 7) is 4.61. The van der Waals surface area contributed by atoms with Crippen molar-refractivity contribution in [1.29, 1.82) is 5.26 Å². The van der Waals surface area contributed by atoms with E-state index in [1.807, 2.05) is 85.1 Å². The zero-order valence-corrected chi connectivity index (χ0v) is 22.4. The van der Waals surface area contributed by atoms with Crippen LogP contribution in [0, 0.1) is 37.5 Å². The molecule has 40 heavy (non-hydrogen) atoms. The minimum absolute atomic E-state index is 0.420. The summed E-state index contributed by atoms with van der Waals surface area (Å²) in [4.78, 5) is 14.3. The van der Waals surface area contributed by atoms with E-state index >= 15 is 0 Å². The van der Waals surface area contributed by atoms with E-state index in [9.17, 15) is 0 Å². The molecule has 0 bridgehead atoms. The van der Waals surface area contributed by atoms with Crippen molar-refractivity contribution in [3.05, 3.63) is 101 Å². The zero-order chi connectivity index (χ0) is 28.1. The summed E-state index contributed by atoms with van der Waals surface area (Å²) in [7, 11) is 1.65. The van der Waals surface area contributed by atoms with Crippen LogP contribution in [0.4, 0.5) is 23.1 Å². The molecule has 196 valence electrons. The smallest absolute Gasteiger partial charge is 0.231 e. The summed E-state index contributed by atoms with van der Waals surface area (Å²) >= 11 is 0. The maximum absolute atomic E-state index is 8.90. The molecule has 0 radical (unpaired) electrons. The fourth-order valence-electron chi connectivity index (χ4n) is 4.45. The number of nitrogens with zero attached hydrogens (tertiary/aromatic N) is 5. The van der Waals surface area contributed by atoms with Crippen molar-refractivity contribution >= 4 is 40.4 Å². The number of hydrogen-bond acceptors (Lipinski definition) is 7. The lowest BCUT2D eigenvalue weighted by molar-refractivity contribution is 0.414. The number of anilines is 4. The minimum Gasteiger partial charge on any atom is -0.497 e. The van der Waals surface area contributed by atoms with Crippen molar-refractivity contribution in [3.8, 4) is 24.2 Å². The van der Waals surface area contributed by atoms with Gasteiger partial charge in [-0.3, -0.25) is 0 Å². The van der Waals surface area contributed by atoms with Crippen LogP contribution < -0.4 is 15.4 Å². The van der Waals surface area contributed by atoms with Gasteiger partial charge >= 0.3 is 0 Å². The number of imidazole rings is 1. The molecule has 2 N–H and O–H groups in total. The molecule has 0 atom stereocenters. The van der Waals surface area contributed by atoms with Crippen molar-refractivity contribution in [2.24, 2.45) is 0 Å². The molecule has 5 aromatic rings. The van der Waals surface area contributed by atoms with Crippen LogP contribution in [0.15, 0.2) is 73.1 Å². The van der Waals surface area contributed by atoms with E-state index in [1.165, 1.54) is 6.08 Å². The average Bonchev–Trinajstić information content (AvgIpc) is 3.37. The molecule has 0 saturated heterocycles. The summed E-state index contributed by atoms with van der Waals surface area (Å²) < 4.78 is 7.29. The van der Waals surface area contributed by atoms with E-state index in [2.05, 4.69) is 21.5 Å². The first-order valence-corrected chi connectivity index (χ1v) is 12.6. The molecule has 0 aliphatic rings. The van der Waals surface area contributed by atoms with Crippen molar-refractivity contribution < 1.29 is 4.74 Å². The zero-order valence-electron chi connectivity index (χ0n) is 22.4. The molecule has 2 aromatic heterocycles. The molecular formula is C32H27N7O. The van der Waals surface area contributed by atoms with Crippen LogP contribution in [0.1, 0.15) is 27.8 Å². The maximum atomic E-state index is 8.90. The highest BCUT2D eigenvalue weighted by molar-refractivity contribution is 5.88. The van der Waals surface area contributed by atoms with Gasteiger partial charge in [-0.15, -0.1) is 6.42 Å². The first kappa shape index (κ1) is 26.0. The number of aromatic nitrogens is 4. The SMILES string of the molecule is C#Cc1ccc(Nc2nc(Nc3c(C)cc(/C=C/C#N)cc3C)c3ncn(Cc4ccc(OC)cc4)c3n2)cc1. The lowest BCUT2D eigenvalue weighted by atomic mass is 10.0. The van der Waals surface area contributed by atoms with Gasteiger partial charge in [-0.2, -0.15) is 15.2 Å². The molecule has 0 fully saturated rings. The summed E-state index contributed by atoms with van der Waals surface area (Å²) in [5.41, 5.74) is 7.92. The van der Waals surface area contributed by atoms with Gasteiger partial charge in [-0.05, 0) is 90.7 Å². The number of benzene rings is 3. The third-order valence-electron chi connectivity index (χ3n) is 6.43. The maximum Gasteiger partial charge on any atom is 0.231 e. The van der Waals surface area contributed by atoms with E-state index in [0.717, 1.165) is 44.9 Å². The van der Waals surface area contributed by atoms with Crippen molar-refractivity contribution in [1.82, 2.24) is 19.5 Å². The van der Waals surface area contributed by atoms with Gasteiger partial charge in [0.15, 0.2) is 17.0 Å². The Hall–Kier alpha value is -5.60.